The molecule has 0 saturated heterocycles. The Balaban J connectivity index is 3.02. The Kier molecular flexibility index (Phi) is 3.96. The standard InChI is InChI=1S/C12H17O2/c1-4-14-12-6-5-9(2)7-11(12)10(3)8-13/h5-7,10,13H,3-4,8H2,1-2H3. The lowest BCUT2D eigenvalue weighted by atomic mass is 9.99. The largest absolute Gasteiger partial charge is 0.494 e. The lowest BCUT2D eigenvalue weighted by Crippen LogP contribution is -2.04. The molecule has 0 saturated carbocycles. The first-order valence-corrected chi connectivity index (χ1v) is 4.86. The molecule has 1 N–H and O–H groups in total. The van der Waals surface area contributed by atoms with Crippen LogP contribution in [0.25, 0.3) is 0 Å². The van der Waals surface area contributed by atoms with E-state index >= 15 is 0 Å². The Morgan fingerprint density at radius 3 is 2.79 bits per heavy atom. The quantitative estimate of drug-likeness (QED) is 0.795. The minimum atomic E-state index is -0.114. The van der Waals surface area contributed by atoms with Crippen LogP contribution in [-0.2, 0) is 0 Å². The molecule has 0 aliphatic rings. The summed E-state index contributed by atoms with van der Waals surface area (Å²) in [5.74, 6) is 0.712. The molecule has 0 bridgehead atoms. The third-order valence-electron chi connectivity index (χ3n) is 2.13. The molecule has 1 unspecified atom stereocenters. The average Bonchev–Trinajstić information content (AvgIpc) is 2.20. The van der Waals surface area contributed by atoms with E-state index in [0.29, 0.717) is 6.61 Å². The molecule has 2 heteroatoms. The summed E-state index contributed by atoms with van der Waals surface area (Å²) in [5, 5.41) is 9.05. The second-order valence-electron chi connectivity index (χ2n) is 3.35. The van der Waals surface area contributed by atoms with Crippen LogP contribution in [0.5, 0.6) is 5.75 Å². The van der Waals surface area contributed by atoms with Crippen LogP contribution in [0.2, 0.25) is 0 Å². The van der Waals surface area contributed by atoms with Gasteiger partial charge in [0.25, 0.3) is 0 Å². The summed E-state index contributed by atoms with van der Waals surface area (Å²) in [6, 6.07) is 5.94. The number of aliphatic hydroxyl groups excluding tert-OH is 1. The molecule has 0 fully saturated rings. The number of rotatable bonds is 4. The predicted molar refractivity (Wildman–Crippen MR) is 57.5 cm³/mol. The lowest BCUT2D eigenvalue weighted by molar-refractivity contribution is 0.276. The van der Waals surface area contributed by atoms with E-state index in [-0.39, 0.29) is 12.5 Å². The van der Waals surface area contributed by atoms with Crippen molar-refractivity contribution >= 4 is 0 Å². The number of ether oxygens (including phenoxy) is 1. The molecule has 0 spiro atoms. The second-order valence-corrected chi connectivity index (χ2v) is 3.35. The van der Waals surface area contributed by atoms with E-state index in [4.69, 9.17) is 9.84 Å². The van der Waals surface area contributed by atoms with Crippen molar-refractivity contribution in [2.24, 2.45) is 0 Å². The number of hydrogen-bond donors (Lipinski definition) is 1. The van der Waals surface area contributed by atoms with Crippen LogP contribution in [0.15, 0.2) is 18.2 Å². The second kappa shape index (κ2) is 5.01. The fraction of sp³-hybridized carbons (Fsp3) is 0.417. The normalized spacial score (nSPS) is 12.6. The van der Waals surface area contributed by atoms with Gasteiger partial charge in [-0.2, -0.15) is 0 Å². The number of aryl methyl sites for hydroxylation is 1. The molecule has 1 radical (unpaired) electrons. The fourth-order valence-corrected chi connectivity index (χ4v) is 1.37. The highest BCUT2D eigenvalue weighted by atomic mass is 16.5. The maximum absolute atomic E-state index is 9.05. The number of hydrogen-bond acceptors (Lipinski definition) is 2. The molecular weight excluding hydrogens is 176 g/mol. The van der Waals surface area contributed by atoms with Crippen LogP contribution >= 0.6 is 0 Å². The Labute approximate surface area is 85.5 Å². The fourth-order valence-electron chi connectivity index (χ4n) is 1.37. The molecule has 0 heterocycles. The van der Waals surface area contributed by atoms with Gasteiger partial charge in [0.15, 0.2) is 0 Å². The Morgan fingerprint density at radius 1 is 1.50 bits per heavy atom. The lowest BCUT2D eigenvalue weighted by Gasteiger charge is -2.15. The molecule has 0 amide bonds. The monoisotopic (exact) mass is 193 g/mol. The van der Waals surface area contributed by atoms with Gasteiger partial charge in [-0.05, 0) is 32.4 Å². The Bertz CT molecular complexity index is 294. The van der Waals surface area contributed by atoms with Crippen LogP contribution < -0.4 is 4.74 Å². The summed E-state index contributed by atoms with van der Waals surface area (Å²) in [6.45, 7) is 8.52. The molecule has 0 aromatic heterocycles. The first kappa shape index (κ1) is 11.1. The highest BCUT2D eigenvalue weighted by Crippen LogP contribution is 2.27. The minimum Gasteiger partial charge on any atom is -0.494 e. The van der Waals surface area contributed by atoms with Gasteiger partial charge in [0.1, 0.15) is 5.75 Å². The minimum absolute atomic E-state index is 0.0452. The molecule has 14 heavy (non-hydrogen) atoms. The van der Waals surface area contributed by atoms with E-state index in [1.54, 1.807) is 0 Å². The van der Waals surface area contributed by atoms with Crippen molar-refractivity contribution in [2.45, 2.75) is 19.8 Å². The third kappa shape index (κ3) is 2.48. The van der Waals surface area contributed by atoms with Crippen molar-refractivity contribution in [1.82, 2.24) is 0 Å². The smallest absolute Gasteiger partial charge is 0.122 e. The van der Waals surface area contributed by atoms with Crippen LogP contribution in [-0.4, -0.2) is 18.3 Å². The zero-order valence-corrected chi connectivity index (χ0v) is 8.79. The first-order valence-electron chi connectivity index (χ1n) is 4.86. The SMILES string of the molecule is [CH2]C(CO)c1cc(C)ccc1OCC. The van der Waals surface area contributed by atoms with Gasteiger partial charge in [-0.25, -0.2) is 0 Å². The molecule has 0 aliphatic carbocycles. The Morgan fingerprint density at radius 2 is 2.21 bits per heavy atom. The third-order valence-corrected chi connectivity index (χ3v) is 2.13. The summed E-state index contributed by atoms with van der Waals surface area (Å²) in [4.78, 5) is 0. The Hall–Kier alpha value is -1.02. The summed E-state index contributed by atoms with van der Waals surface area (Å²) in [7, 11) is 0. The van der Waals surface area contributed by atoms with Crippen LogP contribution in [0, 0.1) is 13.8 Å². The van der Waals surface area contributed by atoms with E-state index in [9.17, 15) is 0 Å². The van der Waals surface area contributed by atoms with E-state index in [1.165, 1.54) is 0 Å². The molecule has 1 rings (SSSR count). The van der Waals surface area contributed by atoms with Gasteiger partial charge in [-0.15, -0.1) is 0 Å². The van der Waals surface area contributed by atoms with Gasteiger partial charge in [-0.3, -0.25) is 0 Å². The topological polar surface area (TPSA) is 29.5 Å². The van der Waals surface area contributed by atoms with Gasteiger partial charge in [-0.1, -0.05) is 17.7 Å². The first-order chi connectivity index (χ1) is 6.69. The zero-order chi connectivity index (χ0) is 10.6. The molecule has 1 atom stereocenters. The molecule has 2 nitrogen and oxygen atoms in total. The van der Waals surface area contributed by atoms with Crippen LogP contribution in [0.3, 0.4) is 0 Å². The van der Waals surface area contributed by atoms with E-state index < -0.39 is 0 Å². The van der Waals surface area contributed by atoms with Gasteiger partial charge in [0, 0.05) is 5.92 Å². The molecule has 1 aromatic carbocycles. The highest BCUT2D eigenvalue weighted by molar-refractivity contribution is 5.40. The van der Waals surface area contributed by atoms with Crippen molar-refractivity contribution in [3.05, 3.63) is 36.2 Å². The molecule has 1 aromatic rings. The summed E-state index contributed by atoms with van der Waals surface area (Å²) < 4.78 is 5.46. The van der Waals surface area contributed by atoms with Gasteiger partial charge < -0.3 is 9.84 Å². The molecular formula is C12H17O2. The highest BCUT2D eigenvalue weighted by Gasteiger charge is 2.10. The van der Waals surface area contributed by atoms with Gasteiger partial charge in [0.2, 0.25) is 0 Å². The zero-order valence-electron chi connectivity index (χ0n) is 8.79. The maximum atomic E-state index is 9.05. The summed E-state index contributed by atoms with van der Waals surface area (Å²) >= 11 is 0. The van der Waals surface area contributed by atoms with E-state index in [2.05, 4.69) is 6.92 Å². The van der Waals surface area contributed by atoms with Crippen molar-refractivity contribution in [3.8, 4) is 5.75 Å². The van der Waals surface area contributed by atoms with E-state index in [1.807, 2.05) is 32.0 Å². The number of benzene rings is 1. The van der Waals surface area contributed by atoms with Crippen molar-refractivity contribution < 1.29 is 9.84 Å². The van der Waals surface area contributed by atoms with E-state index in [0.717, 1.165) is 16.9 Å². The van der Waals surface area contributed by atoms with Crippen molar-refractivity contribution in [1.29, 1.82) is 0 Å². The van der Waals surface area contributed by atoms with Crippen LogP contribution in [0.1, 0.15) is 24.0 Å². The average molecular weight is 193 g/mol. The molecule has 0 aliphatic heterocycles. The predicted octanol–water partition coefficient (Wildman–Crippen LogP) is 2.30. The van der Waals surface area contributed by atoms with Crippen molar-refractivity contribution in [2.75, 3.05) is 13.2 Å². The van der Waals surface area contributed by atoms with Gasteiger partial charge in [0.05, 0.1) is 13.2 Å². The van der Waals surface area contributed by atoms with Crippen LogP contribution in [0.4, 0.5) is 0 Å². The summed E-state index contributed by atoms with van der Waals surface area (Å²) in [6.07, 6.45) is 0. The number of aliphatic hydroxyl groups is 1. The summed E-state index contributed by atoms with van der Waals surface area (Å²) in [5.41, 5.74) is 2.14. The molecule has 77 valence electrons. The maximum Gasteiger partial charge on any atom is 0.122 e. The van der Waals surface area contributed by atoms with Gasteiger partial charge >= 0.3 is 0 Å². The van der Waals surface area contributed by atoms with Crippen molar-refractivity contribution in [3.63, 3.8) is 0 Å².